The predicted octanol–water partition coefficient (Wildman–Crippen LogP) is 2.37. The van der Waals surface area contributed by atoms with Gasteiger partial charge in [0, 0.05) is 19.1 Å². The molecule has 0 atom stereocenters. The molecule has 2 rings (SSSR count). The van der Waals surface area contributed by atoms with Crippen LogP contribution in [0.15, 0.2) is 28.7 Å². The van der Waals surface area contributed by atoms with Crippen LogP contribution in [0.3, 0.4) is 0 Å². The number of nitrogens with zero attached hydrogens (tertiary/aromatic N) is 1. The van der Waals surface area contributed by atoms with Gasteiger partial charge in [0.1, 0.15) is 5.75 Å². The van der Waals surface area contributed by atoms with Gasteiger partial charge in [-0.3, -0.25) is 0 Å². The second-order valence-corrected chi connectivity index (χ2v) is 4.98. The summed E-state index contributed by atoms with van der Waals surface area (Å²) in [5.74, 6) is 0.548. The van der Waals surface area contributed by atoms with Gasteiger partial charge in [0.25, 0.3) is 0 Å². The molecule has 1 heterocycles. The third kappa shape index (κ3) is 3.20. The summed E-state index contributed by atoms with van der Waals surface area (Å²) in [6.07, 6.45) is 1.37. The molecular weight excluding hydrogens is 284 g/mol. The standard InChI is InChI=1S/C12H15BrN2O2/c13-10-3-1-2-4-11(10)17-12(16)15-7-5-9(14)6-8-15/h1-4,9H,5-8,14H2. The highest BCUT2D eigenvalue weighted by Gasteiger charge is 2.22. The quantitative estimate of drug-likeness (QED) is 0.866. The summed E-state index contributed by atoms with van der Waals surface area (Å²) in [6.45, 7) is 1.34. The van der Waals surface area contributed by atoms with Crippen molar-refractivity contribution in [2.45, 2.75) is 18.9 Å². The van der Waals surface area contributed by atoms with E-state index in [0.717, 1.165) is 17.3 Å². The summed E-state index contributed by atoms with van der Waals surface area (Å²) in [7, 11) is 0. The number of likely N-dealkylation sites (tertiary alicyclic amines) is 1. The first-order valence-corrected chi connectivity index (χ1v) is 6.43. The molecule has 0 spiro atoms. The highest BCUT2D eigenvalue weighted by atomic mass is 79.9. The highest BCUT2D eigenvalue weighted by Crippen LogP contribution is 2.24. The highest BCUT2D eigenvalue weighted by molar-refractivity contribution is 9.10. The Hall–Kier alpha value is -1.07. The van der Waals surface area contributed by atoms with E-state index >= 15 is 0 Å². The molecule has 0 aromatic heterocycles. The lowest BCUT2D eigenvalue weighted by molar-refractivity contribution is 0.139. The zero-order valence-electron chi connectivity index (χ0n) is 9.43. The number of para-hydroxylation sites is 1. The Morgan fingerprint density at radius 3 is 2.65 bits per heavy atom. The van der Waals surface area contributed by atoms with E-state index in [9.17, 15) is 4.79 Å². The van der Waals surface area contributed by atoms with Crippen LogP contribution in [-0.4, -0.2) is 30.1 Å². The maximum absolute atomic E-state index is 11.9. The first kappa shape index (κ1) is 12.4. The van der Waals surface area contributed by atoms with Crippen LogP contribution < -0.4 is 10.5 Å². The zero-order valence-corrected chi connectivity index (χ0v) is 11.0. The number of ether oxygens (including phenoxy) is 1. The minimum absolute atomic E-state index is 0.211. The van der Waals surface area contributed by atoms with Crippen LogP contribution in [0.2, 0.25) is 0 Å². The van der Waals surface area contributed by atoms with Gasteiger partial charge in [0.15, 0.2) is 0 Å². The van der Waals surface area contributed by atoms with Crippen molar-refractivity contribution in [2.75, 3.05) is 13.1 Å². The van der Waals surface area contributed by atoms with Crippen molar-refractivity contribution in [3.63, 3.8) is 0 Å². The Labute approximate surface area is 109 Å². The molecule has 1 aliphatic heterocycles. The molecule has 5 heteroatoms. The van der Waals surface area contributed by atoms with Crippen molar-refractivity contribution in [1.29, 1.82) is 0 Å². The number of nitrogens with two attached hydrogens (primary N) is 1. The van der Waals surface area contributed by atoms with Crippen LogP contribution in [0.4, 0.5) is 4.79 Å². The number of carbonyl (C=O) groups excluding carboxylic acids is 1. The summed E-state index contributed by atoms with van der Waals surface area (Å²) in [4.78, 5) is 13.6. The molecule has 92 valence electrons. The van der Waals surface area contributed by atoms with Gasteiger partial charge in [-0.2, -0.15) is 0 Å². The average molecular weight is 299 g/mol. The second kappa shape index (κ2) is 5.51. The molecule has 0 unspecified atom stereocenters. The van der Waals surface area contributed by atoms with E-state index in [4.69, 9.17) is 10.5 Å². The molecule has 0 radical (unpaired) electrons. The van der Waals surface area contributed by atoms with E-state index in [2.05, 4.69) is 15.9 Å². The van der Waals surface area contributed by atoms with Crippen LogP contribution in [0.5, 0.6) is 5.75 Å². The third-order valence-electron chi connectivity index (χ3n) is 2.83. The lowest BCUT2D eigenvalue weighted by Crippen LogP contribution is -2.44. The molecule has 17 heavy (non-hydrogen) atoms. The van der Waals surface area contributed by atoms with Crippen LogP contribution in [0.25, 0.3) is 0 Å². The fourth-order valence-electron chi connectivity index (χ4n) is 1.77. The fourth-order valence-corrected chi connectivity index (χ4v) is 2.13. The molecule has 0 saturated carbocycles. The largest absolute Gasteiger partial charge is 0.415 e. The number of piperidine rings is 1. The minimum Gasteiger partial charge on any atom is -0.409 e. The molecule has 1 aliphatic rings. The Balaban J connectivity index is 1.95. The molecule has 4 nitrogen and oxygen atoms in total. The van der Waals surface area contributed by atoms with Crippen molar-refractivity contribution in [1.82, 2.24) is 4.90 Å². The maximum atomic E-state index is 11.9. The smallest absolute Gasteiger partial charge is 0.409 e. The van der Waals surface area contributed by atoms with E-state index in [1.165, 1.54) is 0 Å². The van der Waals surface area contributed by atoms with Gasteiger partial charge < -0.3 is 15.4 Å². The van der Waals surface area contributed by atoms with Gasteiger partial charge in [0.2, 0.25) is 0 Å². The summed E-state index contributed by atoms with van der Waals surface area (Å²) in [6, 6.07) is 7.52. The predicted molar refractivity (Wildman–Crippen MR) is 68.9 cm³/mol. The van der Waals surface area contributed by atoms with E-state index in [1.807, 2.05) is 18.2 Å². The lowest BCUT2D eigenvalue weighted by atomic mass is 10.1. The number of benzene rings is 1. The van der Waals surface area contributed by atoms with Gasteiger partial charge in [-0.15, -0.1) is 0 Å². The van der Waals surface area contributed by atoms with Crippen molar-refractivity contribution in [3.05, 3.63) is 28.7 Å². The second-order valence-electron chi connectivity index (χ2n) is 4.12. The molecule has 0 aliphatic carbocycles. The molecule has 1 saturated heterocycles. The summed E-state index contributed by atoms with van der Waals surface area (Å²) >= 11 is 3.34. The number of hydrogen-bond donors (Lipinski definition) is 1. The van der Waals surface area contributed by atoms with Crippen molar-refractivity contribution in [2.24, 2.45) is 5.73 Å². The summed E-state index contributed by atoms with van der Waals surface area (Å²) < 4.78 is 6.10. The molecule has 1 aromatic carbocycles. The first-order valence-electron chi connectivity index (χ1n) is 5.63. The van der Waals surface area contributed by atoms with Crippen LogP contribution in [0, 0.1) is 0 Å². The van der Waals surface area contributed by atoms with Crippen molar-refractivity contribution in [3.8, 4) is 5.75 Å². The first-order chi connectivity index (χ1) is 8.16. The zero-order chi connectivity index (χ0) is 12.3. The molecule has 0 bridgehead atoms. The fraction of sp³-hybridized carbons (Fsp3) is 0.417. The Morgan fingerprint density at radius 1 is 1.35 bits per heavy atom. The monoisotopic (exact) mass is 298 g/mol. The SMILES string of the molecule is NC1CCN(C(=O)Oc2ccccc2Br)CC1. The average Bonchev–Trinajstić information content (AvgIpc) is 2.33. The topological polar surface area (TPSA) is 55.6 Å². The summed E-state index contributed by atoms with van der Waals surface area (Å²) in [5, 5.41) is 0. The number of halogens is 1. The van der Waals surface area contributed by atoms with Crippen molar-refractivity contribution >= 4 is 22.0 Å². The Morgan fingerprint density at radius 2 is 2.00 bits per heavy atom. The Kier molecular flexibility index (Phi) is 4.02. The normalized spacial score (nSPS) is 16.9. The molecule has 1 fully saturated rings. The van der Waals surface area contributed by atoms with Gasteiger partial charge in [-0.05, 0) is 40.9 Å². The number of rotatable bonds is 1. The van der Waals surface area contributed by atoms with Crippen LogP contribution in [0.1, 0.15) is 12.8 Å². The number of hydrogen-bond acceptors (Lipinski definition) is 3. The maximum Gasteiger partial charge on any atom is 0.415 e. The van der Waals surface area contributed by atoms with Gasteiger partial charge in [0.05, 0.1) is 4.47 Å². The Bertz CT molecular complexity index is 403. The molecule has 2 N–H and O–H groups in total. The number of carbonyl (C=O) groups is 1. The molecule has 1 amide bonds. The van der Waals surface area contributed by atoms with E-state index in [0.29, 0.717) is 18.8 Å². The van der Waals surface area contributed by atoms with E-state index in [-0.39, 0.29) is 12.1 Å². The van der Waals surface area contributed by atoms with Gasteiger partial charge in [-0.1, -0.05) is 12.1 Å². The summed E-state index contributed by atoms with van der Waals surface area (Å²) in [5.41, 5.74) is 5.79. The minimum atomic E-state index is -0.302. The van der Waals surface area contributed by atoms with Crippen LogP contribution in [-0.2, 0) is 0 Å². The lowest BCUT2D eigenvalue weighted by Gasteiger charge is -2.29. The molecular formula is C12H15BrN2O2. The van der Waals surface area contributed by atoms with E-state index in [1.54, 1.807) is 11.0 Å². The van der Waals surface area contributed by atoms with Crippen LogP contribution >= 0.6 is 15.9 Å². The third-order valence-corrected chi connectivity index (χ3v) is 3.49. The van der Waals surface area contributed by atoms with Gasteiger partial charge in [-0.25, -0.2) is 4.79 Å². The van der Waals surface area contributed by atoms with Gasteiger partial charge >= 0.3 is 6.09 Å². The number of amides is 1. The van der Waals surface area contributed by atoms with E-state index < -0.39 is 0 Å². The molecule has 1 aromatic rings. The van der Waals surface area contributed by atoms with Crippen molar-refractivity contribution < 1.29 is 9.53 Å².